The number of halogens is 1. The van der Waals surface area contributed by atoms with E-state index in [1.165, 1.54) is 15.9 Å². The van der Waals surface area contributed by atoms with Crippen molar-refractivity contribution in [3.8, 4) is 5.69 Å². The van der Waals surface area contributed by atoms with E-state index in [1.54, 1.807) is 31.2 Å². The molecule has 3 heterocycles. The highest BCUT2D eigenvalue weighted by molar-refractivity contribution is 7.18. The maximum atomic E-state index is 13.5. The first kappa shape index (κ1) is 20.8. The Bertz CT molecular complexity index is 1270. The minimum absolute atomic E-state index is 0.202. The number of ether oxygens (including phenoxy) is 2. The van der Waals surface area contributed by atoms with E-state index in [0.29, 0.717) is 34.0 Å². The summed E-state index contributed by atoms with van der Waals surface area (Å²) in [5.41, 5.74) is -0.252. The molecule has 1 aromatic carbocycles. The Labute approximate surface area is 181 Å². The molecule has 158 valence electrons. The van der Waals surface area contributed by atoms with Crippen LogP contribution in [-0.4, -0.2) is 27.3 Å². The van der Waals surface area contributed by atoms with E-state index < -0.39 is 22.8 Å². The number of aromatic nitrogens is 2. The lowest BCUT2D eigenvalue weighted by Gasteiger charge is -2.29. The zero-order valence-corrected chi connectivity index (χ0v) is 18.4. The minimum Gasteiger partial charge on any atom is -0.465 e. The van der Waals surface area contributed by atoms with Gasteiger partial charge in [-0.05, 0) is 44.5 Å². The number of nitrogens with zero attached hydrogens (tertiary/aromatic N) is 2. The van der Waals surface area contributed by atoms with Crippen LogP contribution < -0.4 is 11.2 Å². The van der Waals surface area contributed by atoms with Gasteiger partial charge < -0.3 is 9.47 Å². The predicted octanol–water partition coefficient (Wildman–Crippen LogP) is 3.28. The molecule has 0 atom stereocenters. The lowest BCUT2D eigenvalue weighted by Crippen LogP contribution is -2.40. The highest BCUT2D eigenvalue weighted by Gasteiger charge is 2.32. The molecule has 0 aliphatic carbocycles. The molecule has 0 radical (unpaired) electrons. The van der Waals surface area contributed by atoms with Crippen molar-refractivity contribution in [1.82, 2.24) is 9.13 Å². The maximum absolute atomic E-state index is 13.5. The van der Waals surface area contributed by atoms with Gasteiger partial charge in [0.1, 0.15) is 11.4 Å². The normalized spacial score (nSPS) is 15.2. The number of rotatable bonds is 4. The minimum atomic E-state index is -0.610. The Balaban J connectivity index is 2.06. The lowest BCUT2D eigenvalue weighted by molar-refractivity contribution is -0.143. The molecular weight excluding hydrogens is 428 g/mol. The van der Waals surface area contributed by atoms with Gasteiger partial charge in [-0.3, -0.25) is 14.2 Å². The average Bonchev–Trinajstić information content (AvgIpc) is 3.03. The smallest absolute Gasteiger partial charge is 0.337 e. The monoisotopic (exact) mass is 448 g/mol. The molecule has 0 saturated carbocycles. The number of carbonyl (C=O) groups excluding carboxylic acids is 1. The third kappa shape index (κ3) is 3.59. The van der Waals surface area contributed by atoms with Crippen LogP contribution in [0.1, 0.15) is 31.2 Å². The van der Waals surface area contributed by atoms with Crippen LogP contribution in [0.25, 0.3) is 15.9 Å². The number of hydrogen-bond donors (Lipinski definition) is 0. The highest BCUT2D eigenvalue weighted by Crippen LogP contribution is 2.37. The summed E-state index contributed by atoms with van der Waals surface area (Å²) in [6.07, 6.45) is 0.532. The number of esters is 1. The van der Waals surface area contributed by atoms with Gasteiger partial charge in [-0.1, -0.05) is 17.7 Å². The van der Waals surface area contributed by atoms with Crippen LogP contribution in [0.4, 0.5) is 0 Å². The average molecular weight is 449 g/mol. The molecule has 9 heteroatoms. The van der Waals surface area contributed by atoms with Crippen molar-refractivity contribution in [2.45, 2.75) is 45.9 Å². The van der Waals surface area contributed by atoms with Gasteiger partial charge in [-0.2, -0.15) is 0 Å². The van der Waals surface area contributed by atoms with Crippen molar-refractivity contribution in [2.75, 3.05) is 6.61 Å². The molecule has 4 rings (SSSR count). The lowest BCUT2D eigenvalue weighted by atomic mass is 9.94. The van der Waals surface area contributed by atoms with Gasteiger partial charge in [0.05, 0.1) is 29.9 Å². The molecular formula is C21H21ClN2O5S. The van der Waals surface area contributed by atoms with Gasteiger partial charge in [0.15, 0.2) is 0 Å². The van der Waals surface area contributed by atoms with Crippen LogP contribution in [0.2, 0.25) is 5.02 Å². The Morgan fingerprint density at radius 2 is 2.10 bits per heavy atom. The van der Waals surface area contributed by atoms with Crippen molar-refractivity contribution in [1.29, 1.82) is 0 Å². The van der Waals surface area contributed by atoms with Crippen molar-refractivity contribution >= 4 is 39.1 Å². The van der Waals surface area contributed by atoms with E-state index in [2.05, 4.69) is 0 Å². The van der Waals surface area contributed by atoms with Crippen molar-refractivity contribution < 1.29 is 14.3 Å². The molecule has 0 bridgehead atoms. The third-order valence-electron chi connectivity index (χ3n) is 5.01. The fourth-order valence-electron chi connectivity index (χ4n) is 3.67. The fraction of sp³-hybridized carbons (Fsp3) is 0.381. The van der Waals surface area contributed by atoms with E-state index in [4.69, 9.17) is 21.1 Å². The molecule has 1 aliphatic rings. The Morgan fingerprint density at radius 3 is 2.80 bits per heavy atom. The van der Waals surface area contributed by atoms with Gasteiger partial charge in [0.2, 0.25) is 0 Å². The second-order valence-electron chi connectivity index (χ2n) is 7.70. The molecule has 1 aliphatic heterocycles. The van der Waals surface area contributed by atoms with E-state index in [-0.39, 0.29) is 13.2 Å². The molecule has 0 fully saturated rings. The number of carbonyl (C=O) groups is 1. The number of thiophene rings is 1. The van der Waals surface area contributed by atoms with Crippen molar-refractivity contribution in [2.24, 2.45) is 0 Å². The van der Waals surface area contributed by atoms with Gasteiger partial charge in [0.25, 0.3) is 5.56 Å². The molecule has 7 nitrogen and oxygen atoms in total. The van der Waals surface area contributed by atoms with Crippen LogP contribution in [0.5, 0.6) is 0 Å². The molecule has 0 N–H and O–H groups in total. The summed E-state index contributed by atoms with van der Waals surface area (Å²) >= 11 is 7.42. The second kappa shape index (κ2) is 7.68. The van der Waals surface area contributed by atoms with Crippen LogP contribution in [0, 0.1) is 0 Å². The Morgan fingerprint density at radius 1 is 1.33 bits per heavy atom. The molecule has 3 aromatic rings. The predicted molar refractivity (Wildman–Crippen MR) is 116 cm³/mol. The standard InChI is InChI=1S/C21H21ClN2O5S/c1-4-28-16(25)10-23-19-17(14-9-21(2,3)29-11-15(14)30-19)18(26)24(20(23)27)13-7-5-6-12(22)8-13/h5-8H,4,9-11H2,1-3H3. The van der Waals surface area contributed by atoms with Gasteiger partial charge in [0, 0.05) is 16.3 Å². The quantitative estimate of drug-likeness (QED) is 0.572. The summed E-state index contributed by atoms with van der Waals surface area (Å²) < 4.78 is 13.3. The topological polar surface area (TPSA) is 79.5 Å². The number of benzene rings is 1. The highest BCUT2D eigenvalue weighted by atomic mass is 35.5. The van der Waals surface area contributed by atoms with Crippen molar-refractivity contribution in [3.05, 3.63) is 60.6 Å². The molecule has 0 amide bonds. The van der Waals surface area contributed by atoms with Gasteiger partial charge in [-0.25, -0.2) is 9.36 Å². The van der Waals surface area contributed by atoms with E-state index in [9.17, 15) is 14.4 Å². The molecule has 0 spiro atoms. The zero-order chi connectivity index (χ0) is 21.6. The number of fused-ring (bicyclic) bond motifs is 3. The summed E-state index contributed by atoms with van der Waals surface area (Å²) in [5, 5.41) is 0.841. The Hall–Kier alpha value is -2.42. The van der Waals surface area contributed by atoms with Gasteiger partial charge in [-0.15, -0.1) is 11.3 Å². The van der Waals surface area contributed by atoms with Gasteiger partial charge >= 0.3 is 11.7 Å². The molecule has 0 unspecified atom stereocenters. The number of hydrogen-bond acceptors (Lipinski definition) is 6. The second-order valence-corrected chi connectivity index (χ2v) is 9.22. The summed E-state index contributed by atoms with van der Waals surface area (Å²) in [6.45, 7) is 5.90. The van der Waals surface area contributed by atoms with Crippen molar-refractivity contribution in [3.63, 3.8) is 0 Å². The van der Waals surface area contributed by atoms with Crippen LogP contribution in [0.3, 0.4) is 0 Å². The van der Waals surface area contributed by atoms with Crippen LogP contribution >= 0.6 is 22.9 Å². The summed E-state index contributed by atoms with van der Waals surface area (Å²) in [6, 6.07) is 6.53. The van der Waals surface area contributed by atoms with E-state index >= 15 is 0 Å². The summed E-state index contributed by atoms with van der Waals surface area (Å²) in [4.78, 5) is 40.5. The molecule has 0 saturated heterocycles. The summed E-state index contributed by atoms with van der Waals surface area (Å²) in [7, 11) is 0. The third-order valence-corrected chi connectivity index (χ3v) is 6.48. The van der Waals surface area contributed by atoms with Crippen LogP contribution in [0.15, 0.2) is 33.9 Å². The molecule has 30 heavy (non-hydrogen) atoms. The largest absolute Gasteiger partial charge is 0.465 e. The summed E-state index contributed by atoms with van der Waals surface area (Å²) in [5.74, 6) is -0.542. The van der Waals surface area contributed by atoms with Crippen LogP contribution in [-0.2, 0) is 33.8 Å². The zero-order valence-electron chi connectivity index (χ0n) is 16.9. The van der Waals surface area contributed by atoms with E-state index in [0.717, 1.165) is 15.0 Å². The Kier molecular flexibility index (Phi) is 5.34. The first-order valence-corrected chi connectivity index (χ1v) is 10.8. The molecule has 2 aromatic heterocycles. The SMILES string of the molecule is CCOC(=O)Cn1c(=O)n(-c2cccc(Cl)c2)c(=O)c2c3c(sc21)COC(C)(C)C3. The fourth-order valence-corrected chi connectivity index (χ4v) is 5.07. The maximum Gasteiger partial charge on any atom is 0.337 e. The first-order valence-electron chi connectivity index (χ1n) is 9.57. The first-order chi connectivity index (χ1) is 14.2. The van der Waals surface area contributed by atoms with E-state index in [1.807, 2.05) is 13.8 Å².